The highest BCUT2D eigenvalue weighted by atomic mass is 35.5. The van der Waals surface area contributed by atoms with E-state index in [4.69, 9.17) is 27.9 Å². The molecule has 0 spiro atoms. The largest absolute Gasteiger partial charge is 0.493 e. The maximum absolute atomic E-state index is 13.3. The molecule has 8 heteroatoms. The first kappa shape index (κ1) is 27.0. The zero-order valence-electron chi connectivity index (χ0n) is 20.6. The Morgan fingerprint density at radius 1 is 0.973 bits per heavy atom. The summed E-state index contributed by atoms with van der Waals surface area (Å²) in [5.74, 6) is 0.0871. The average Bonchev–Trinajstić information content (AvgIpc) is 2.90. The minimum Gasteiger partial charge on any atom is -0.493 e. The van der Waals surface area contributed by atoms with E-state index in [-0.39, 0.29) is 24.1 Å². The Kier molecular flexibility index (Phi) is 8.72. The lowest BCUT2D eigenvalue weighted by Gasteiger charge is -2.42. The predicted molar refractivity (Wildman–Crippen MR) is 143 cm³/mol. The summed E-state index contributed by atoms with van der Waals surface area (Å²) >= 11 is 12.1. The normalized spacial score (nSPS) is 14.8. The van der Waals surface area contributed by atoms with Crippen LogP contribution < -0.4 is 4.74 Å². The highest BCUT2D eigenvalue weighted by Crippen LogP contribution is 2.37. The minimum absolute atomic E-state index is 0.0100. The maximum Gasteiger partial charge on any atom is 0.253 e. The van der Waals surface area contributed by atoms with E-state index in [1.807, 2.05) is 30.3 Å². The second-order valence-corrected chi connectivity index (χ2v) is 10.4. The number of rotatable bonds is 8. The Labute approximate surface area is 226 Å². The SMILES string of the molecule is CN(Cc1ccccc1)C(=O)CC1(COc2ccc(F)cc2)CCN(C(=O)c2ccc(Cl)c(Cl)c2)CC1. The van der Waals surface area contributed by atoms with Crippen LogP contribution in [0.2, 0.25) is 10.0 Å². The molecule has 0 atom stereocenters. The summed E-state index contributed by atoms with van der Waals surface area (Å²) in [5, 5.41) is 0.727. The van der Waals surface area contributed by atoms with Crippen molar-refractivity contribution in [2.24, 2.45) is 5.41 Å². The molecule has 0 aromatic heterocycles. The molecule has 2 amide bonds. The lowest BCUT2D eigenvalue weighted by atomic mass is 9.75. The second-order valence-electron chi connectivity index (χ2n) is 9.58. The molecule has 0 saturated carbocycles. The molecule has 1 fully saturated rings. The van der Waals surface area contributed by atoms with Gasteiger partial charge in [0.25, 0.3) is 5.91 Å². The first-order chi connectivity index (χ1) is 17.7. The van der Waals surface area contributed by atoms with Crippen molar-refractivity contribution in [3.05, 3.63) is 99.8 Å². The summed E-state index contributed by atoms with van der Waals surface area (Å²) in [4.78, 5) is 29.9. The number of hydrogen-bond donors (Lipinski definition) is 0. The average molecular weight is 543 g/mol. The van der Waals surface area contributed by atoms with Crippen LogP contribution in [-0.4, -0.2) is 48.4 Å². The summed E-state index contributed by atoms with van der Waals surface area (Å²) in [6.45, 7) is 1.75. The molecule has 0 N–H and O–H groups in total. The van der Waals surface area contributed by atoms with Crippen molar-refractivity contribution in [1.82, 2.24) is 9.80 Å². The molecule has 0 unspecified atom stereocenters. The van der Waals surface area contributed by atoms with Gasteiger partial charge in [-0.25, -0.2) is 4.39 Å². The van der Waals surface area contributed by atoms with Crippen LogP contribution in [0.15, 0.2) is 72.8 Å². The maximum atomic E-state index is 13.3. The Hall–Kier alpha value is -3.09. The minimum atomic E-state index is -0.467. The molecule has 3 aromatic rings. The number of benzene rings is 3. The van der Waals surface area contributed by atoms with Gasteiger partial charge in [-0.3, -0.25) is 9.59 Å². The fourth-order valence-electron chi connectivity index (χ4n) is 4.54. The molecule has 194 valence electrons. The van der Waals surface area contributed by atoms with Gasteiger partial charge in [-0.1, -0.05) is 53.5 Å². The first-order valence-corrected chi connectivity index (χ1v) is 12.9. The van der Waals surface area contributed by atoms with Crippen molar-refractivity contribution in [3.8, 4) is 5.75 Å². The molecule has 0 radical (unpaired) electrons. The fraction of sp³-hybridized carbons (Fsp3) is 0.310. The Morgan fingerprint density at radius 2 is 1.65 bits per heavy atom. The molecular weight excluding hydrogens is 514 g/mol. The van der Waals surface area contributed by atoms with E-state index in [0.717, 1.165) is 5.56 Å². The molecule has 1 saturated heterocycles. The van der Waals surface area contributed by atoms with Crippen LogP contribution in [0.4, 0.5) is 4.39 Å². The summed E-state index contributed by atoms with van der Waals surface area (Å²) in [7, 11) is 1.80. The number of nitrogens with zero attached hydrogens (tertiary/aromatic N) is 2. The van der Waals surface area contributed by atoms with Crippen molar-refractivity contribution >= 4 is 35.0 Å². The first-order valence-electron chi connectivity index (χ1n) is 12.2. The highest BCUT2D eigenvalue weighted by molar-refractivity contribution is 6.42. The number of likely N-dealkylation sites (tertiary alicyclic amines) is 1. The molecular formula is C29H29Cl2FN2O3. The molecule has 5 nitrogen and oxygen atoms in total. The number of halogens is 3. The summed E-state index contributed by atoms with van der Waals surface area (Å²) in [5.41, 5.74) is 1.06. The number of amides is 2. The van der Waals surface area contributed by atoms with Gasteiger partial charge in [0.1, 0.15) is 11.6 Å². The van der Waals surface area contributed by atoms with E-state index in [2.05, 4.69) is 0 Å². The fourth-order valence-corrected chi connectivity index (χ4v) is 4.83. The molecule has 1 aliphatic rings. The van der Waals surface area contributed by atoms with Gasteiger partial charge in [0.2, 0.25) is 5.91 Å². The van der Waals surface area contributed by atoms with E-state index in [9.17, 15) is 14.0 Å². The number of hydrogen-bond acceptors (Lipinski definition) is 3. The van der Waals surface area contributed by atoms with Crippen LogP contribution in [0, 0.1) is 11.2 Å². The Balaban J connectivity index is 1.46. The number of ether oxygens (including phenoxy) is 1. The molecule has 0 aliphatic carbocycles. The van der Waals surface area contributed by atoms with Gasteiger partial charge in [0, 0.05) is 44.1 Å². The zero-order chi connectivity index (χ0) is 26.4. The number of carbonyl (C=O) groups excluding carboxylic acids is 2. The van der Waals surface area contributed by atoms with Gasteiger partial charge in [-0.05, 0) is 60.9 Å². The van der Waals surface area contributed by atoms with Crippen molar-refractivity contribution in [2.45, 2.75) is 25.8 Å². The van der Waals surface area contributed by atoms with Crippen molar-refractivity contribution in [2.75, 3.05) is 26.7 Å². The number of carbonyl (C=O) groups is 2. The van der Waals surface area contributed by atoms with E-state index in [1.165, 1.54) is 12.1 Å². The van der Waals surface area contributed by atoms with Crippen LogP contribution in [0.3, 0.4) is 0 Å². The van der Waals surface area contributed by atoms with Crippen molar-refractivity contribution < 1.29 is 18.7 Å². The highest BCUT2D eigenvalue weighted by Gasteiger charge is 2.39. The summed E-state index contributed by atoms with van der Waals surface area (Å²) < 4.78 is 19.4. The number of piperidine rings is 1. The van der Waals surface area contributed by atoms with Crippen LogP contribution in [-0.2, 0) is 11.3 Å². The van der Waals surface area contributed by atoms with Gasteiger partial charge in [-0.15, -0.1) is 0 Å². The van der Waals surface area contributed by atoms with E-state index in [1.54, 1.807) is 47.2 Å². The Morgan fingerprint density at radius 3 is 2.30 bits per heavy atom. The molecule has 1 aliphatic heterocycles. The molecule has 4 rings (SSSR count). The van der Waals surface area contributed by atoms with Gasteiger partial charge >= 0.3 is 0 Å². The van der Waals surface area contributed by atoms with Gasteiger partial charge < -0.3 is 14.5 Å². The molecule has 3 aromatic carbocycles. The quantitative estimate of drug-likeness (QED) is 0.327. The van der Waals surface area contributed by atoms with E-state index < -0.39 is 5.41 Å². The summed E-state index contributed by atoms with van der Waals surface area (Å²) in [6, 6.07) is 20.5. The van der Waals surface area contributed by atoms with E-state index in [0.29, 0.717) is 60.4 Å². The van der Waals surface area contributed by atoms with Crippen LogP contribution >= 0.6 is 23.2 Å². The zero-order valence-corrected chi connectivity index (χ0v) is 22.1. The van der Waals surface area contributed by atoms with Crippen LogP contribution in [0.25, 0.3) is 0 Å². The third-order valence-electron chi connectivity index (χ3n) is 6.85. The van der Waals surface area contributed by atoms with Crippen LogP contribution in [0.1, 0.15) is 35.2 Å². The van der Waals surface area contributed by atoms with Gasteiger partial charge in [0.05, 0.1) is 16.7 Å². The third-order valence-corrected chi connectivity index (χ3v) is 7.59. The van der Waals surface area contributed by atoms with Gasteiger partial charge in [-0.2, -0.15) is 0 Å². The molecule has 37 heavy (non-hydrogen) atoms. The summed E-state index contributed by atoms with van der Waals surface area (Å²) in [6.07, 6.45) is 1.46. The molecule has 1 heterocycles. The topological polar surface area (TPSA) is 49.9 Å². The third kappa shape index (κ3) is 7.02. The second kappa shape index (κ2) is 12.0. The smallest absolute Gasteiger partial charge is 0.253 e. The monoisotopic (exact) mass is 542 g/mol. The van der Waals surface area contributed by atoms with Gasteiger partial charge in [0.15, 0.2) is 0 Å². The molecule has 0 bridgehead atoms. The Bertz CT molecular complexity index is 1230. The van der Waals surface area contributed by atoms with Crippen molar-refractivity contribution in [3.63, 3.8) is 0 Å². The van der Waals surface area contributed by atoms with E-state index >= 15 is 0 Å². The lowest BCUT2D eigenvalue weighted by Crippen LogP contribution is -2.47. The lowest BCUT2D eigenvalue weighted by molar-refractivity contribution is -0.134. The standard InChI is InChI=1S/C29H29Cl2FN2O3/c1-33(19-21-5-3-2-4-6-21)27(35)18-29(20-37-24-10-8-23(32)9-11-24)13-15-34(16-14-29)28(36)22-7-12-25(30)26(31)17-22/h2-12,17H,13-16,18-20H2,1H3. The van der Waals surface area contributed by atoms with Crippen LogP contribution in [0.5, 0.6) is 5.75 Å². The van der Waals surface area contributed by atoms with Crippen molar-refractivity contribution in [1.29, 1.82) is 0 Å². The predicted octanol–water partition coefficient (Wildman–Crippen LogP) is 6.48.